The van der Waals surface area contributed by atoms with Gasteiger partial charge in [0, 0.05) is 25.0 Å². The second kappa shape index (κ2) is 5.84. The molecule has 1 aliphatic rings. The maximum Gasteiger partial charge on any atom is 0.196 e. The highest BCUT2D eigenvalue weighted by Crippen LogP contribution is 2.06. The van der Waals surface area contributed by atoms with Crippen LogP contribution in [0.25, 0.3) is 0 Å². The Morgan fingerprint density at radius 1 is 1.59 bits per heavy atom. The molecule has 5 heteroatoms. The van der Waals surface area contributed by atoms with E-state index < -0.39 is 0 Å². The molecule has 0 bridgehead atoms. The summed E-state index contributed by atoms with van der Waals surface area (Å²) in [6, 6.07) is 0.523. The molecule has 0 aliphatic carbocycles. The molecule has 0 amide bonds. The molecule has 1 saturated heterocycles. The average Bonchev–Trinajstić information content (AvgIpc) is 2.82. The minimum Gasteiger partial charge on any atom is -0.313 e. The Morgan fingerprint density at radius 3 is 3.12 bits per heavy atom. The van der Waals surface area contributed by atoms with E-state index >= 15 is 0 Å². The molecule has 1 aromatic heterocycles. The largest absolute Gasteiger partial charge is 0.313 e. The van der Waals surface area contributed by atoms with Gasteiger partial charge in [-0.15, -0.1) is 0 Å². The second-order valence-corrected chi connectivity index (χ2v) is 4.50. The molecular weight excluding hydrogens is 216 g/mol. The van der Waals surface area contributed by atoms with Crippen molar-refractivity contribution >= 4 is 5.78 Å². The number of nitrogens with zero attached hydrogens (tertiary/aromatic N) is 3. The van der Waals surface area contributed by atoms with Crippen molar-refractivity contribution in [1.82, 2.24) is 20.2 Å². The van der Waals surface area contributed by atoms with Crippen molar-refractivity contribution in [2.24, 2.45) is 0 Å². The van der Waals surface area contributed by atoms with Crippen molar-refractivity contribution in [1.29, 1.82) is 0 Å². The number of ketones is 1. The zero-order valence-corrected chi connectivity index (χ0v) is 10.1. The van der Waals surface area contributed by atoms with Gasteiger partial charge in [-0.25, -0.2) is 4.98 Å². The molecule has 92 valence electrons. The summed E-state index contributed by atoms with van der Waals surface area (Å²) in [6.07, 6.45) is 7.07. The average molecular weight is 234 g/mol. The summed E-state index contributed by atoms with van der Waals surface area (Å²) >= 11 is 0. The fourth-order valence-corrected chi connectivity index (χ4v) is 2.12. The highest BCUT2D eigenvalue weighted by Gasteiger charge is 2.18. The van der Waals surface area contributed by atoms with E-state index in [0.717, 1.165) is 13.1 Å². The number of Topliss-reactive ketones (excluding diaryl/α,β-unsaturated/α-hetero) is 1. The SMILES string of the molecule is CN(CC(=O)c1cnccn1)CC1CCCN1. The van der Waals surface area contributed by atoms with Gasteiger partial charge in [-0.05, 0) is 26.4 Å². The van der Waals surface area contributed by atoms with Crippen molar-refractivity contribution in [3.63, 3.8) is 0 Å². The van der Waals surface area contributed by atoms with E-state index in [1.165, 1.54) is 19.0 Å². The van der Waals surface area contributed by atoms with Crippen molar-refractivity contribution < 1.29 is 4.79 Å². The van der Waals surface area contributed by atoms with Crippen LogP contribution in [0.4, 0.5) is 0 Å². The molecule has 1 fully saturated rings. The van der Waals surface area contributed by atoms with E-state index in [4.69, 9.17) is 0 Å². The van der Waals surface area contributed by atoms with Crippen molar-refractivity contribution in [2.75, 3.05) is 26.7 Å². The molecule has 0 aromatic carbocycles. The highest BCUT2D eigenvalue weighted by molar-refractivity contribution is 5.95. The van der Waals surface area contributed by atoms with Gasteiger partial charge in [0.05, 0.1) is 12.7 Å². The quantitative estimate of drug-likeness (QED) is 0.745. The van der Waals surface area contributed by atoms with Gasteiger partial charge in [-0.2, -0.15) is 0 Å². The number of hydrogen-bond donors (Lipinski definition) is 1. The van der Waals surface area contributed by atoms with Crippen molar-refractivity contribution in [3.05, 3.63) is 24.3 Å². The van der Waals surface area contributed by atoms with E-state index in [1.54, 1.807) is 12.4 Å². The monoisotopic (exact) mass is 234 g/mol. The summed E-state index contributed by atoms with van der Waals surface area (Å²) in [5.74, 6) is 0.0265. The lowest BCUT2D eigenvalue weighted by atomic mass is 10.2. The molecule has 17 heavy (non-hydrogen) atoms. The third-order valence-electron chi connectivity index (χ3n) is 2.96. The molecule has 1 unspecified atom stereocenters. The molecule has 0 radical (unpaired) electrons. The molecular formula is C12H18N4O. The number of likely N-dealkylation sites (N-methyl/N-ethyl adjacent to an activating group) is 1. The number of carbonyl (C=O) groups is 1. The van der Waals surface area contributed by atoms with Crippen LogP contribution < -0.4 is 5.32 Å². The predicted molar refractivity (Wildman–Crippen MR) is 64.9 cm³/mol. The van der Waals surface area contributed by atoms with E-state index in [9.17, 15) is 4.79 Å². The number of carbonyl (C=O) groups excluding carboxylic acids is 1. The van der Waals surface area contributed by atoms with Crippen LogP contribution >= 0.6 is 0 Å². The number of hydrogen-bond acceptors (Lipinski definition) is 5. The lowest BCUT2D eigenvalue weighted by molar-refractivity contribution is 0.0937. The lowest BCUT2D eigenvalue weighted by Crippen LogP contribution is -2.37. The highest BCUT2D eigenvalue weighted by atomic mass is 16.1. The van der Waals surface area contributed by atoms with Gasteiger partial charge in [0.25, 0.3) is 0 Å². The Bertz CT molecular complexity index is 362. The minimum atomic E-state index is 0.0265. The van der Waals surface area contributed by atoms with Gasteiger partial charge in [-0.1, -0.05) is 0 Å². The molecule has 0 saturated carbocycles. The molecule has 2 heterocycles. The third kappa shape index (κ3) is 3.57. The fraction of sp³-hybridized carbons (Fsp3) is 0.583. The summed E-state index contributed by atoms with van der Waals surface area (Å²) in [5.41, 5.74) is 0.443. The molecule has 1 atom stereocenters. The van der Waals surface area contributed by atoms with Crippen molar-refractivity contribution in [2.45, 2.75) is 18.9 Å². The standard InChI is InChI=1S/C12H18N4O/c1-16(8-10-3-2-4-14-10)9-12(17)11-7-13-5-6-15-11/h5-7,10,14H,2-4,8-9H2,1H3. The van der Waals surface area contributed by atoms with Gasteiger partial charge >= 0.3 is 0 Å². The van der Waals surface area contributed by atoms with Gasteiger partial charge in [-0.3, -0.25) is 14.7 Å². The van der Waals surface area contributed by atoms with Gasteiger partial charge in [0.15, 0.2) is 5.78 Å². The molecule has 2 rings (SSSR count). The minimum absolute atomic E-state index is 0.0265. The fourth-order valence-electron chi connectivity index (χ4n) is 2.12. The Morgan fingerprint density at radius 2 is 2.47 bits per heavy atom. The van der Waals surface area contributed by atoms with Gasteiger partial charge in [0.2, 0.25) is 0 Å². The number of aromatic nitrogens is 2. The first-order chi connectivity index (χ1) is 8.25. The number of nitrogens with one attached hydrogen (secondary N) is 1. The zero-order chi connectivity index (χ0) is 12.1. The summed E-state index contributed by atoms with van der Waals surface area (Å²) in [6.45, 7) is 2.40. The molecule has 1 aliphatic heterocycles. The first-order valence-electron chi connectivity index (χ1n) is 5.97. The Labute approximate surface area is 101 Å². The van der Waals surface area contributed by atoms with Gasteiger partial charge in [0.1, 0.15) is 5.69 Å². The van der Waals surface area contributed by atoms with Crippen LogP contribution in [0.5, 0.6) is 0 Å². The number of rotatable bonds is 5. The normalized spacial score (nSPS) is 19.8. The van der Waals surface area contributed by atoms with Crippen LogP contribution in [0.1, 0.15) is 23.3 Å². The van der Waals surface area contributed by atoms with Gasteiger partial charge < -0.3 is 5.32 Å². The first kappa shape index (κ1) is 12.1. The summed E-state index contributed by atoms with van der Waals surface area (Å²) in [4.78, 5) is 21.8. The summed E-state index contributed by atoms with van der Waals surface area (Å²) in [7, 11) is 1.97. The van der Waals surface area contributed by atoms with Crippen molar-refractivity contribution in [3.8, 4) is 0 Å². The smallest absolute Gasteiger partial charge is 0.196 e. The molecule has 5 nitrogen and oxygen atoms in total. The predicted octanol–water partition coefficient (Wildman–Crippen LogP) is 0.343. The molecule has 1 N–H and O–H groups in total. The van der Waals surface area contributed by atoms with Crippen LogP contribution in [-0.2, 0) is 0 Å². The van der Waals surface area contributed by atoms with Crippen LogP contribution in [0.3, 0.4) is 0 Å². The zero-order valence-electron chi connectivity index (χ0n) is 10.1. The lowest BCUT2D eigenvalue weighted by Gasteiger charge is -2.19. The van der Waals surface area contributed by atoms with Crippen LogP contribution in [0.15, 0.2) is 18.6 Å². The van der Waals surface area contributed by atoms with Crippen LogP contribution in [0, 0.1) is 0 Å². The van der Waals surface area contributed by atoms with E-state index in [0.29, 0.717) is 18.3 Å². The Hall–Kier alpha value is -1.33. The molecule has 0 spiro atoms. The van der Waals surface area contributed by atoms with E-state index in [1.807, 2.05) is 11.9 Å². The van der Waals surface area contributed by atoms with Crippen LogP contribution in [-0.4, -0.2) is 53.4 Å². The maximum absolute atomic E-state index is 11.9. The van der Waals surface area contributed by atoms with E-state index in [-0.39, 0.29) is 5.78 Å². The Kier molecular flexibility index (Phi) is 4.17. The first-order valence-corrected chi connectivity index (χ1v) is 5.97. The second-order valence-electron chi connectivity index (χ2n) is 4.50. The summed E-state index contributed by atoms with van der Waals surface area (Å²) in [5, 5.41) is 3.42. The maximum atomic E-state index is 11.9. The Balaban J connectivity index is 1.81. The van der Waals surface area contributed by atoms with E-state index in [2.05, 4.69) is 15.3 Å². The van der Waals surface area contributed by atoms with Crippen LogP contribution in [0.2, 0.25) is 0 Å². The topological polar surface area (TPSA) is 58.1 Å². The summed E-state index contributed by atoms with van der Waals surface area (Å²) < 4.78 is 0. The molecule has 1 aromatic rings. The third-order valence-corrected chi connectivity index (χ3v) is 2.96.